The molecule has 126 valence electrons. The van der Waals surface area contributed by atoms with Gasteiger partial charge < -0.3 is 10.0 Å². The van der Waals surface area contributed by atoms with Crippen LogP contribution in [0, 0.1) is 0 Å². The molecule has 1 N–H and O–H groups in total. The molecule has 1 aliphatic heterocycles. The Labute approximate surface area is 149 Å². The molecule has 3 aromatic rings. The fourth-order valence-electron chi connectivity index (χ4n) is 3.29. The molecule has 24 heavy (non-hydrogen) atoms. The molecule has 1 saturated heterocycles. The van der Waals surface area contributed by atoms with E-state index in [-0.39, 0.29) is 6.10 Å². The average molecular weight is 363 g/mol. The minimum absolute atomic E-state index is 0.281. The van der Waals surface area contributed by atoms with Crippen molar-refractivity contribution >= 4 is 33.0 Å². The molecule has 0 saturated carbocycles. The van der Waals surface area contributed by atoms with Crippen molar-refractivity contribution < 1.29 is 5.11 Å². The standard InChI is InChI=1S/C17H19ClN4OS/c1-11(23)9-14-3-2-8-21(14)17-20-22-10-15(19-16(22)24-17)12-4-6-13(18)7-5-12/h4-7,10-11,14,23H,2-3,8-9H2,1H3. The van der Waals surface area contributed by atoms with Crippen molar-refractivity contribution in [3.05, 3.63) is 35.5 Å². The lowest BCUT2D eigenvalue weighted by molar-refractivity contribution is 0.175. The SMILES string of the molecule is CC(O)CC1CCCN1c1nn2cc(-c3ccc(Cl)cc3)nc2s1. The first-order valence-electron chi connectivity index (χ1n) is 8.17. The minimum atomic E-state index is -0.281. The molecule has 5 nitrogen and oxygen atoms in total. The van der Waals surface area contributed by atoms with Crippen LogP contribution in [0.4, 0.5) is 5.13 Å². The first-order valence-corrected chi connectivity index (χ1v) is 9.36. The second kappa shape index (κ2) is 6.35. The van der Waals surface area contributed by atoms with Crippen LogP contribution in [0.2, 0.25) is 5.02 Å². The molecule has 2 aromatic heterocycles. The largest absolute Gasteiger partial charge is 0.393 e. The molecular formula is C17H19ClN4OS. The van der Waals surface area contributed by atoms with Crippen molar-refractivity contribution in [1.29, 1.82) is 0 Å². The van der Waals surface area contributed by atoms with Crippen molar-refractivity contribution in [2.24, 2.45) is 0 Å². The van der Waals surface area contributed by atoms with E-state index in [1.165, 1.54) is 0 Å². The minimum Gasteiger partial charge on any atom is -0.393 e. The van der Waals surface area contributed by atoms with Gasteiger partial charge in [-0.3, -0.25) is 0 Å². The Balaban J connectivity index is 1.60. The molecule has 0 spiro atoms. The molecular weight excluding hydrogens is 344 g/mol. The lowest BCUT2D eigenvalue weighted by Gasteiger charge is -2.24. The second-order valence-electron chi connectivity index (χ2n) is 6.32. The zero-order valence-corrected chi connectivity index (χ0v) is 15.0. The van der Waals surface area contributed by atoms with Crippen LogP contribution in [0.25, 0.3) is 16.2 Å². The number of aliphatic hydroxyl groups is 1. The van der Waals surface area contributed by atoms with Crippen LogP contribution in [0.5, 0.6) is 0 Å². The molecule has 0 amide bonds. The maximum absolute atomic E-state index is 9.69. The lowest BCUT2D eigenvalue weighted by Crippen LogP contribution is -2.31. The van der Waals surface area contributed by atoms with Gasteiger partial charge in [0, 0.05) is 23.2 Å². The summed E-state index contributed by atoms with van der Waals surface area (Å²) in [4.78, 5) is 7.89. The summed E-state index contributed by atoms with van der Waals surface area (Å²) in [5.74, 6) is 0. The Morgan fingerprint density at radius 3 is 2.88 bits per heavy atom. The number of aliphatic hydroxyl groups excluding tert-OH is 1. The van der Waals surface area contributed by atoms with Crippen LogP contribution >= 0.6 is 22.9 Å². The molecule has 3 heterocycles. The fraction of sp³-hybridized carbons (Fsp3) is 0.412. The van der Waals surface area contributed by atoms with Crippen LogP contribution in [-0.2, 0) is 0 Å². The smallest absolute Gasteiger partial charge is 0.214 e. The van der Waals surface area contributed by atoms with Crippen LogP contribution < -0.4 is 4.90 Å². The van der Waals surface area contributed by atoms with Gasteiger partial charge in [-0.2, -0.15) is 0 Å². The summed E-state index contributed by atoms with van der Waals surface area (Å²) in [7, 11) is 0. The van der Waals surface area contributed by atoms with Gasteiger partial charge in [-0.15, -0.1) is 5.10 Å². The van der Waals surface area contributed by atoms with Gasteiger partial charge in [0.25, 0.3) is 0 Å². The summed E-state index contributed by atoms with van der Waals surface area (Å²) >= 11 is 7.54. The zero-order chi connectivity index (χ0) is 16.7. The monoisotopic (exact) mass is 362 g/mol. The normalized spacial score (nSPS) is 19.3. The predicted molar refractivity (Wildman–Crippen MR) is 98.0 cm³/mol. The van der Waals surface area contributed by atoms with Gasteiger partial charge in [0.1, 0.15) is 0 Å². The molecule has 2 atom stereocenters. The topological polar surface area (TPSA) is 53.7 Å². The predicted octanol–water partition coefficient (Wildman–Crippen LogP) is 3.85. The van der Waals surface area contributed by atoms with Gasteiger partial charge in [-0.1, -0.05) is 35.1 Å². The van der Waals surface area contributed by atoms with E-state index in [0.29, 0.717) is 6.04 Å². The van der Waals surface area contributed by atoms with Crippen molar-refractivity contribution in [1.82, 2.24) is 14.6 Å². The third kappa shape index (κ3) is 3.01. The molecule has 4 rings (SSSR count). The first-order chi connectivity index (χ1) is 11.6. The number of aromatic nitrogens is 3. The third-order valence-corrected chi connectivity index (χ3v) is 5.62. The number of benzene rings is 1. The van der Waals surface area contributed by atoms with Crippen LogP contribution in [0.1, 0.15) is 26.2 Å². The van der Waals surface area contributed by atoms with Gasteiger partial charge in [0.05, 0.1) is 18.0 Å². The van der Waals surface area contributed by atoms with Gasteiger partial charge in [0.2, 0.25) is 10.1 Å². The number of imidazole rings is 1. The highest BCUT2D eigenvalue weighted by atomic mass is 35.5. The Hall–Kier alpha value is -1.63. The highest BCUT2D eigenvalue weighted by Crippen LogP contribution is 2.32. The van der Waals surface area contributed by atoms with Gasteiger partial charge in [-0.05, 0) is 38.3 Å². The van der Waals surface area contributed by atoms with E-state index in [2.05, 4.69) is 4.90 Å². The van der Waals surface area contributed by atoms with E-state index >= 15 is 0 Å². The molecule has 1 fully saturated rings. The number of fused-ring (bicyclic) bond motifs is 1. The number of halogens is 1. The third-order valence-electron chi connectivity index (χ3n) is 4.41. The van der Waals surface area contributed by atoms with Crippen molar-refractivity contribution in [3.63, 3.8) is 0 Å². The van der Waals surface area contributed by atoms with Gasteiger partial charge >= 0.3 is 0 Å². The average Bonchev–Trinajstić information content (AvgIpc) is 3.21. The molecule has 0 radical (unpaired) electrons. The Bertz CT molecular complexity index is 811. The highest BCUT2D eigenvalue weighted by molar-refractivity contribution is 7.20. The quantitative estimate of drug-likeness (QED) is 0.765. The van der Waals surface area contributed by atoms with Crippen molar-refractivity contribution in [3.8, 4) is 11.3 Å². The van der Waals surface area contributed by atoms with E-state index in [1.54, 1.807) is 11.3 Å². The summed E-state index contributed by atoms with van der Waals surface area (Å²) in [6, 6.07) is 8.04. The van der Waals surface area contributed by atoms with E-state index < -0.39 is 0 Å². The zero-order valence-electron chi connectivity index (χ0n) is 13.4. The van der Waals surface area contributed by atoms with Gasteiger partial charge in [0.15, 0.2) is 0 Å². The van der Waals surface area contributed by atoms with E-state index in [9.17, 15) is 5.11 Å². The Kier molecular flexibility index (Phi) is 4.20. The van der Waals surface area contributed by atoms with E-state index in [1.807, 2.05) is 41.9 Å². The molecule has 1 aromatic carbocycles. The summed E-state index contributed by atoms with van der Waals surface area (Å²) in [6.07, 6.45) is 4.73. The Morgan fingerprint density at radius 1 is 1.38 bits per heavy atom. The number of hydrogen-bond donors (Lipinski definition) is 1. The van der Waals surface area contributed by atoms with E-state index in [0.717, 1.165) is 52.2 Å². The summed E-state index contributed by atoms with van der Waals surface area (Å²) < 4.78 is 1.85. The highest BCUT2D eigenvalue weighted by Gasteiger charge is 2.28. The molecule has 0 aliphatic carbocycles. The maximum Gasteiger partial charge on any atom is 0.214 e. The van der Waals surface area contributed by atoms with Crippen LogP contribution in [-0.4, -0.2) is 38.4 Å². The molecule has 2 unspecified atom stereocenters. The second-order valence-corrected chi connectivity index (χ2v) is 7.69. The summed E-state index contributed by atoms with van der Waals surface area (Å²) in [5.41, 5.74) is 1.94. The molecule has 0 bridgehead atoms. The van der Waals surface area contributed by atoms with E-state index in [4.69, 9.17) is 21.7 Å². The van der Waals surface area contributed by atoms with Crippen LogP contribution in [0.3, 0.4) is 0 Å². The van der Waals surface area contributed by atoms with Gasteiger partial charge in [-0.25, -0.2) is 9.50 Å². The maximum atomic E-state index is 9.69. The number of nitrogens with zero attached hydrogens (tertiary/aromatic N) is 4. The van der Waals surface area contributed by atoms with Crippen LogP contribution in [0.15, 0.2) is 30.5 Å². The first kappa shape index (κ1) is 15.9. The number of hydrogen-bond acceptors (Lipinski definition) is 5. The molecule has 7 heteroatoms. The summed E-state index contributed by atoms with van der Waals surface area (Å²) in [5, 5.41) is 16.1. The van der Waals surface area contributed by atoms with Crippen molar-refractivity contribution in [2.75, 3.05) is 11.4 Å². The van der Waals surface area contributed by atoms with Crippen molar-refractivity contribution in [2.45, 2.75) is 38.3 Å². The fourth-order valence-corrected chi connectivity index (χ4v) is 4.40. The summed E-state index contributed by atoms with van der Waals surface area (Å²) in [6.45, 7) is 2.85. The lowest BCUT2D eigenvalue weighted by atomic mass is 10.1. The molecule has 1 aliphatic rings. The Morgan fingerprint density at radius 2 is 2.17 bits per heavy atom. The number of rotatable bonds is 4. The number of anilines is 1.